The summed E-state index contributed by atoms with van der Waals surface area (Å²) < 4.78 is 10.5. The molecule has 1 aliphatic carbocycles. The molecule has 1 N–H and O–H groups in total. The van der Waals surface area contributed by atoms with Gasteiger partial charge in [0.1, 0.15) is 24.3 Å². The molecule has 2 heterocycles. The van der Waals surface area contributed by atoms with Crippen molar-refractivity contribution in [2.45, 2.75) is 116 Å². The average Bonchev–Trinajstić information content (AvgIpc) is 3.30. The summed E-state index contributed by atoms with van der Waals surface area (Å²) in [6.45, 7) is 12.1. The first kappa shape index (κ1) is 25.0. The molecule has 3 fully saturated rings. The van der Waals surface area contributed by atoms with Gasteiger partial charge >= 0.3 is 12.2 Å². The Kier molecular flexibility index (Phi) is 6.97. The van der Waals surface area contributed by atoms with Gasteiger partial charge in [-0.25, -0.2) is 0 Å². The molecule has 0 bridgehead atoms. The van der Waals surface area contributed by atoms with E-state index in [0.717, 1.165) is 32.1 Å². The van der Waals surface area contributed by atoms with E-state index in [4.69, 9.17) is 9.47 Å². The fourth-order valence-corrected chi connectivity index (χ4v) is 5.56. The van der Waals surface area contributed by atoms with E-state index >= 15 is 0 Å². The highest BCUT2D eigenvalue weighted by molar-refractivity contribution is 5.82. The lowest BCUT2D eigenvalue weighted by Gasteiger charge is -2.43. The maximum atomic E-state index is 13.6. The van der Waals surface area contributed by atoms with Crippen LogP contribution in [0.15, 0.2) is 0 Å². The second-order valence-corrected chi connectivity index (χ2v) is 11.7. The van der Waals surface area contributed by atoms with E-state index in [1.54, 1.807) is 27.7 Å². The molecule has 0 aromatic rings. The van der Waals surface area contributed by atoms with Gasteiger partial charge in [0.15, 0.2) is 0 Å². The fourth-order valence-electron chi connectivity index (χ4n) is 5.56. The van der Waals surface area contributed by atoms with E-state index in [9.17, 15) is 19.5 Å². The van der Waals surface area contributed by atoms with E-state index in [1.807, 2.05) is 4.90 Å². The highest BCUT2D eigenvalue weighted by Gasteiger charge is 2.61. The standard InChI is InChI=1S/C24H40N2O6/c1-16-14-18(15-26(16,21(28)29)22(30)32-23(2,3)4)25(20(27)19-8-7-13-31-19)17-9-11-24(5,6)12-10-17/h16-19H,7-15H2,1-6H3/p+1/t16-,18?,19+,26?/m1/s1. The van der Waals surface area contributed by atoms with Crippen LogP contribution >= 0.6 is 0 Å². The lowest BCUT2D eigenvalue weighted by molar-refractivity contribution is -0.797. The monoisotopic (exact) mass is 453 g/mol. The minimum absolute atomic E-state index is 0.0315. The van der Waals surface area contributed by atoms with Gasteiger partial charge in [-0.05, 0) is 71.6 Å². The highest BCUT2D eigenvalue weighted by Crippen LogP contribution is 2.41. The molecule has 2 saturated heterocycles. The van der Waals surface area contributed by atoms with Crippen molar-refractivity contribution in [2.24, 2.45) is 5.41 Å². The van der Waals surface area contributed by atoms with Crippen LogP contribution < -0.4 is 0 Å². The fraction of sp³-hybridized carbons (Fsp3) is 0.875. The molecule has 3 rings (SSSR count). The van der Waals surface area contributed by atoms with Gasteiger partial charge in [0.05, 0.1) is 6.04 Å². The normalized spacial score (nSPS) is 33.1. The minimum Gasteiger partial charge on any atom is -0.435 e. The lowest BCUT2D eigenvalue weighted by Crippen LogP contribution is -2.61. The summed E-state index contributed by atoms with van der Waals surface area (Å²) in [6.07, 6.45) is 3.36. The van der Waals surface area contributed by atoms with Crippen LogP contribution in [-0.2, 0) is 14.3 Å². The molecule has 0 spiro atoms. The summed E-state index contributed by atoms with van der Waals surface area (Å²) in [7, 11) is 0. The van der Waals surface area contributed by atoms with Crippen LogP contribution in [-0.4, -0.2) is 75.6 Å². The average molecular weight is 454 g/mol. The van der Waals surface area contributed by atoms with Crippen LogP contribution in [0.3, 0.4) is 0 Å². The summed E-state index contributed by atoms with van der Waals surface area (Å²) >= 11 is 0. The van der Waals surface area contributed by atoms with Crippen molar-refractivity contribution in [1.29, 1.82) is 0 Å². The topological polar surface area (TPSA) is 93.1 Å². The van der Waals surface area contributed by atoms with E-state index in [0.29, 0.717) is 19.4 Å². The first-order chi connectivity index (χ1) is 14.8. The Labute approximate surface area is 191 Å². The smallest absolute Gasteiger partial charge is 0.435 e. The van der Waals surface area contributed by atoms with E-state index < -0.39 is 34.4 Å². The van der Waals surface area contributed by atoms with E-state index in [-0.39, 0.29) is 30.0 Å². The maximum Gasteiger partial charge on any atom is 0.527 e. The van der Waals surface area contributed by atoms with Gasteiger partial charge in [0.25, 0.3) is 5.91 Å². The van der Waals surface area contributed by atoms with Crippen molar-refractivity contribution in [2.75, 3.05) is 13.2 Å². The second kappa shape index (κ2) is 8.93. The first-order valence-electron chi connectivity index (χ1n) is 12.1. The molecule has 0 radical (unpaired) electrons. The Hall–Kier alpha value is -1.67. The Morgan fingerprint density at radius 1 is 1.09 bits per heavy atom. The molecule has 2 aliphatic heterocycles. The van der Waals surface area contributed by atoms with Crippen LogP contribution in [0, 0.1) is 5.41 Å². The molecular weight excluding hydrogens is 412 g/mol. The Balaban J connectivity index is 1.90. The number of carbonyl (C=O) groups excluding carboxylic acids is 2. The van der Waals surface area contributed by atoms with Crippen LogP contribution in [0.2, 0.25) is 0 Å². The Bertz CT molecular complexity index is 729. The van der Waals surface area contributed by atoms with Crippen molar-refractivity contribution < 1.29 is 33.4 Å². The number of carbonyl (C=O) groups is 3. The predicted octanol–water partition coefficient (Wildman–Crippen LogP) is 4.55. The number of ether oxygens (including phenoxy) is 2. The summed E-state index contributed by atoms with van der Waals surface area (Å²) in [4.78, 5) is 41.1. The number of hydrogen-bond acceptors (Lipinski definition) is 5. The molecule has 182 valence electrons. The van der Waals surface area contributed by atoms with Crippen molar-refractivity contribution in [1.82, 2.24) is 4.90 Å². The lowest BCUT2D eigenvalue weighted by atomic mass is 9.75. The van der Waals surface area contributed by atoms with Gasteiger partial charge in [-0.3, -0.25) is 4.79 Å². The Morgan fingerprint density at radius 2 is 1.72 bits per heavy atom. The molecule has 32 heavy (non-hydrogen) atoms. The summed E-state index contributed by atoms with van der Waals surface area (Å²) in [6, 6.07) is -0.784. The third-order valence-corrected chi connectivity index (χ3v) is 7.48. The van der Waals surface area contributed by atoms with Crippen LogP contribution in [0.4, 0.5) is 9.59 Å². The number of likely N-dealkylation sites (tertiary alicyclic amines) is 1. The van der Waals surface area contributed by atoms with E-state index in [2.05, 4.69) is 13.8 Å². The zero-order valence-corrected chi connectivity index (χ0v) is 20.6. The highest BCUT2D eigenvalue weighted by atomic mass is 16.6. The number of amides is 3. The van der Waals surface area contributed by atoms with E-state index in [1.165, 1.54) is 0 Å². The van der Waals surface area contributed by atoms with Gasteiger partial charge in [-0.2, -0.15) is 9.59 Å². The quantitative estimate of drug-likeness (QED) is 0.630. The molecule has 3 amide bonds. The zero-order chi connectivity index (χ0) is 23.9. The molecule has 8 nitrogen and oxygen atoms in total. The third kappa shape index (κ3) is 4.96. The third-order valence-electron chi connectivity index (χ3n) is 7.48. The maximum absolute atomic E-state index is 13.6. The van der Waals surface area contributed by atoms with Crippen LogP contribution in [0.1, 0.15) is 86.5 Å². The van der Waals surface area contributed by atoms with Gasteiger partial charge in [0, 0.05) is 19.1 Å². The number of imide groups is 1. The SMILES string of the molecule is C[C@@H]1CC(N(C(=O)[C@@H]2CCCO2)C2CCC(C)(C)CC2)C[N+]1(C(=O)O)C(=O)OC(C)(C)C. The molecule has 4 atom stereocenters. The van der Waals surface area contributed by atoms with Gasteiger partial charge in [-0.15, -0.1) is 4.48 Å². The number of rotatable bonds is 3. The van der Waals surface area contributed by atoms with Crippen molar-refractivity contribution in [3.8, 4) is 0 Å². The van der Waals surface area contributed by atoms with Crippen LogP contribution in [0.25, 0.3) is 0 Å². The largest absolute Gasteiger partial charge is 0.527 e. The molecule has 0 aromatic carbocycles. The molecule has 8 heteroatoms. The predicted molar refractivity (Wildman–Crippen MR) is 119 cm³/mol. The van der Waals surface area contributed by atoms with Crippen molar-refractivity contribution >= 4 is 18.1 Å². The number of carboxylic acid groups (broad SMARTS) is 1. The summed E-state index contributed by atoms with van der Waals surface area (Å²) in [5.41, 5.74) is -0.548. The Morgan fingerprint density at radius 3 is 2.22 bits per heavy atom. The number of quaternary nitrogens is 1. The van der Waals surface area contributed by atoms with Crippen molar-refractivity contribution in [3.05, 3.63) is 0 Å². The molecular formula is C24H41N2O6+. The first-order valence-corrected chi connectivity index (χ1v) is 12.1. The van der Waals surface area contributed by atoms with Crippen molar-refractivity contribution in [3.63, 3.8) is 0 Å². The van der Waals surface area contributed by atoms with Gasteiger partial charge in [-0.1, -0.05) is 13.8 Å². The summed E-state index contributed by atoms with van der Waals surface area (Å²) in [5, 5.41) is 10.2. The zero-order valence-electron chi connectivity index (χ0n) is 20.6. The minimum atomic E-state index is -1.22. The molecule has 3 aliphatic rings. The number of hydrogen-bond donors (Lipinski definition) is 1. The van der Waals surface area contributed by atoms with Crippen LogP contribution in [0.5, 0.6) is 0 Å². The molecule has 1 saturated carbocycles. The van der Waals surface area contributed by atoms with Gasteiger partial charge in [0.2, 0.25) is 0 Å². The van der Waals surface area contributed by atoms with Gasteiger partial charge < -0.3 is 19.5 Å². The molecule has 2 unspecified atom stereocenters. The number of nitrogens with zero attached hydrogens (tertiary/aromatic N) is 2. The molecule has 0 aromatic heterocycles. The summed E-state index contributed by atoms with van der Waals surface area (Å²) in [5.74, 6) is -0.0426. The second-order valence-electron chi connectivity index (χ2n) is 11.7.